The fraction of sp³-hybridized carbons (Fsp3) is 0.200. The van der Waals surface area contributed by atoms with Crippen LogP contribution in [0.3, 0.4) is 0 Å². The number of aryl methyl sites for hydroxylation is 2. The van der Waals surface area contributed by atoms with Gasteiger partial charge in [-0.2, -0.15) is 0 Å². The second-order valence-corrected chi connectivity index (χ2v) is 5.51. The molecule has 0 saturated carbocycles. The third kappa shape index (κ3) is 2.94. The van der Waals surface area contributed by atoms with Gasteiger partial charge in [0.2, 0.25) is 0 Å². The second kappa shape index (κ2) is 5.69. The van der Waals surface area contributed by atoms with Crippen molar-refractivity contribution in [3.8, 4) is 11.1 Å². The number of esters is 1. The minimum atomic E-state index is -0.406. The molecule has 4 heteroatoms. The van der Waals surface area contributed by atoms with Gasteiger partial charge in [0.1, 0.15) is 0 Å². The summed E-state index contributed by atoms with van der Waals surface area (Å²) in [5.74, 6) is -0.406. The lowest BCUT2D eigenvalue weighted by Crippen LogP contribution is -2.06. The molecule has 1 heterocycles. The number of hydrogen-bond donors (Lipinski definition) is 0. The largest absolute Gasteiger partial charge is 0.464 e. The number of halogens is 1. The number of carbonyl (C=O) groups is 1. The zero-order valence-electron chi connectivity index (χ0n) is 11.0. The van der Waals surface area contributed by atoms with Gasteiger partial charge in [0.15, 0.2) is 5.69 Å². The summed E-state index contributed by atoms with van der Waals surface area (Å²) in [6.45, 7) is 4.17. The van der Waals surface area contributed by atoms with E-state index in [2.05, 4.69) is 59.6 Å². The second-order valence-electron chi connectivity index (χ2n) is 4.35. The van der Waals surface area contributed by atoms with E-state index in [0.29, 0.717) is 5.69 Å². The molecule has 0 saturated heterocycles. The number of rotatable bonds is 2. The Kier molecular flexibility index (Phi) is 4.19. The Bertz CT molecular complexity index is 638. The van der Waals surface area contributed by atoms with Gasteiger partial charge in [-0.05, 0) is 59.2 Å². The highest BCUT2D eigenvalue weighted by Crippen LogP contribution is 2.24. The van der Waals surface area contributed by atoms with Gasteiger partial charge in [0, 0.05) is 15.3 Å². The van der Waals surface area contributed by atoms with Crippen molar-refractivity contribution in [3.05, 3.63) is 50.9 Å². The minimum Gasteiger partial charge on any atom is -0.464 e. The number of pyridine rings is 1. The molecule has 1 aromatic carbocycles. The first-order chi connectivity index (χ1) is 9.02. The summed E-state index contributed by atoms with van der Waals surface area (Å²) in [4.78, 5) is 15.7. The van der Waals surface area contributed by atoms with E-state index in [1.807, 2.05) is 6.07 Å². The van der Waals surface area contributed by atoms with Crippen molar-refractivity contribution in [2.45, 2.75) is 13.8 Å². The van der Waals surface area contributed by atoms with Gasteiger partial charge in [0.05, 0.1) is 7.11 Å². The lowest BCUT2D eigenvalue weighted by atomic mass is 10.0. The van der Waals surface area contributed by atoms with Gasteiger partial charge in [0.25, 0.3) is 0 Å². The molecule has 19 heavy (non-hydrogen) atoms. The Morgan fingerprint density at radius 1 is 1.16 bits per heavy atom. The van der Waals surface area contributed by atoms with Crippen molar-refractivity contribution in [3.63, 3.8) is 0 Å². The Balaban J connectivity index is 2.44. The molecule has 2 rings (SSSR count). The summed E-state index contributed by atoms with van der Waals surface area (Å²) in [5.41, 5.74) is 4.96. The number of hydrogen-bond acceptors (Lipinski definition) is 3. The fourth-order valence-corrected chi connectivity index (χ4v) is 2.46. The monoisotopic (exact) mass is 367 g/mol. The van der Waals surface area contributed by atoms with E-state index in [4.69, 9.17) is 4.74 Å². The number of benzene rings is 1. The van der Waals surface area contributed by atoms with E-state index in [9.17, 15) is 4.79 Å². The molecule has 0 aliphatic heterocycles. The Hall–Kier alpha value is -1.43. The molecule has 2 aromatic rings. The van der Waals surface area contributed by atoms with E-state index < -0.39 is 5.97 Å². The number of aromatic nitrogens is 1. The van der Waals surface area contributed by atoms with Crippen LogP contribution in [0.5, 0.6) is 0 Å². The van der Waals surface area contributed by atoms with Gasteiger partial charge in [-0.15, -0.1) is 0 Å². The third-order valence-electron chi connectivity index (χ3n) is 3.06. The van der Waals surface area contributed by atoms with Crippen LogP contribution in [0, 0.1) is 17.4 Å². The molecule has 0 aliphatic carbocycles. The number of methoxy groups -OCH3 is 1. The highest BCUT2D eigenvalue weighted by molar-refractivity contribution is 14.1. The Morgan fingerprint density at radius 2 is 1.89 bits per heavy atom. The van der Waals surface area contributed by atoms with Crippen LogP contribution in [-0.2, 0) is 4.74 Å². The quantitative estimate of drug-likeness (QED) is 0.600. The molecular formula is C15H14INO2. The average molecular weight is 367 g/mol. The van der Waals surface area contributed by atoms with E-state index in [-0.39, 0.29) is 0 Å². The summed E-state index contributed by atoms with van der Waals surface area (Å²) < 4.78 is 5.48. The Labute approximate surface area is 126 Å². The van der Waals surface area contributed by atoms with Crippen molar-refractivity contribution in [2.24, 2.45) is 0 Å². The van der Waals surface area contributed by atoms with Crippen LogP contribution in [0.1, 0.15) is 21.6 Å². The van der Waals surface area contributed by atoms with E-state index in [1.165, 1.54) is 18.2 Å². The first kappa shape index (κ1) is 14.0. The number of ether oxygens (including phenoxy) is 1. The molecule has 3 nitrogen and oxygen atoms in total. The van der Waals surface area contributed by atoms with Crippen molar-refractivity contribution in [1.29, 1.82) is 0 Å². The maximum Gasteiger partial charge on any atom is 0.357 e. The molecule has 0 N–H and O–H groups in total. The van der Waals surface area contributed by atoms with Crippen LogP contribution >= 0.6 is 22.6 Å². The van der Waals surface area contributed by atoms with E-state index in [1.54, 1.807) is 6.20 Å². The maximum atomic E-state index is 11.5. The van der Waals surface area contributed by atoms with Crippen LogP contribution in [0.2, 0.25) is 0 Å². The lowest BCUT2D eigenvalue weighted by molar-refractivity contribution is 0.0593. The average Bonchev–Trinajstić information content (AvgIpc) is 2.41. The van der Waals surface area contributed by atoms with Gasteiger partial charge < -0.3 is 4.74 Å². The molecule has 0 unspecified atom stereocenters. The van der Waals surface area contributed by atoms with Crippen LogP contribution in [0.4, 0.5) is 0 Å². The molecule has 98 valence electrons. The van der Waals surface area contributed by atoms with Gasteiger partial charge in [-0.3, -0.25) is 0 Å². The van der Waals surface area contributed by atoms with Crippen molar-refractivity contribution >= 4 is 28.6 Å². The van der Waals surface area contributed by atoms with Crippen LogP contribution in [0.15, 0.2) is 30.5 Å². The molecule has 1 aromatic heterocycles. The van der Waals surface area contributed by atoms with Crippen molar-refractivity contribution < 1.29 is 9.53 Å². The summed E-state index contributed by atoms with van der Waals surface area (Å²) in [6, 6.07) is 8.23. The van der Waals surface area contributed by atoms with E-state index in [0.717, 1.165) is 14.7 Å². The highest BCUT2D eigenvalue weighted by atomic mass is 127. The summed E-state index contributed by atoms with van der Waals surface area (Å²) in [6.07, 6.45) is 1.71. The molecule has 0 amide bonds. The maximum absolute atomic E-state index is 11.5. The molecule has 0 spiro atoms. The zero-order chi connectivity index (χ0) is 14.0. The lowest BCUT2D eigenvalue weighted by Gasteiger charge is -2.07. The molecular weight excluding hydrogens is 353 g/mol. The van der Waals surface area contributed by atoms with Crippen LogP contribution in [-0.4, -0.2) is 18.1 Å². The standard InChI is InChI=1S/C15H14INO2/c1-9-4-5-11(6-10(9)2)12-7-13(16)14(17-8-12)15(18)19-3/h4-8H,1-3H3. The predicted octanol–water partition coefficient (Wildman–Crippen LogP) is 3.76. The topological polar surface area (TPSA) is 39.2 Å². The van der Waals surface area contributed by atoms with E-state index >= 15 is 0 Å². The number of nitrogens with zero attached hydrogens (tertiary/aromatic N) is 1. The fourth-order valence-electron chi connectivity index (χ4n) is 1.76. The smallest absolute Gasteiger partial charge is 0.357 e. The number of carbonyl (C=O) groups excluding carboxylic acids is 1. The predicted molar refractivity (Wildman–Crippen MR) is 83.2 cm³/mol. The summed E-state index contributed by atoms with van der Waals surface area (Å²) in [7, 11) is 1.36. The third-order valence-corrected chi connectivity index (χ3v) is 3.88. The van der Waals surface area contributed by atoms with Crippen molar-refractivity contribution in [1.82, 2.24) is 4.98 Å². The van der Waals surface area contributed by atoms with Gasteiger partial charge in [-0.25, -0.2) is 9.78 Å². The normalized spacial score (nSPS) is 10.3. The summed E-state index contributed by atoms with van der Waals surface area (Å²) >= 11 is 2.10. The SMILES string of the molecule is COC(=O)c1ncc(-c2ccc(C)c(C)c2)cc1I. The van der Waals surface area contributed by atoms with Crippen molar-refractivity contribution in [2.75, 3.05) is 7.11 Å². The summed E-state index contributed by atoms with van der Waals surface area (Å²) in [5, 5.41) is 0. The first-order valence-electron chi connectivity index (χ1n) is 5.84. The Morgan fingerprint density at radius 3 is 2.47 bits per heavy atom. The van der Waals surface area contributed by atoms with Crippen LogP contribution in [0.25, 0.3) is 11.1 Å². The molecule has 0 fully saturated rings. The highest BCUT2D eigenvalue weighted by Gasteiger charge is 2.13. The minimum absolute atomic E-state index is 0.357. The van der Waals surface area contributed by atoms with Crippen LogP contribution < -0.4 is 0 Å². The molecule has 0 atom stereocenters. The van der Waals surface area contributed by atoms with Gasteiger partial charge >= 0.3 is 5.97 Å². The molecule has 0 radical (unpaired) electrons. The molecule has 0 aliphatic rings. The van der Waals surface area contributed by atoms with Gasteiger partial charge in [-0.1, -0.05) is 18.2 Å². The zero-order valence-corrected chi connectivity index (χ0v) is 13.2. The first-order valence-corrected chi connectivity index (χ1v) is 6.92. The molecule has 0 bridgehead atoms.